The Balaban J connectivity index is 1.03. The molecule has 0 aromatic carbocycles. The van der Waals surface area contributed by atoms with Crippen LogP contribution in [0.1, 0.15) is 44.3 Å². The zero-order valence-electron chi connectivity index (χ0n) is 31.0. The van der Waals surface area contributed by atoms with Crippen molar-refractivity contribution in [2.75, 3.05) is 84.7 Å². The zero-order chi connectivity index (χ0) is 38.7. The van der Waals surface area contributed by atoms with E-state index in [1.807, 2.05) is 24.0 Å². The highest BCUT2D eigenvalue weighted by Gasteiger charge is 2.33. The number of aromatic nitrogens is 6. The molecule has 3 aliphatic rings. The summed E-state index contributed by atoms with van der Waals surface area (Å²) in [7, 11) is 1.69. The van der Waals surface area contributed by atoms with Crippen LogP contribution in [0.2, 0.25) is 0 Å². The van der Waals surface area contributed by atoms with Crippen molar-refractivity contribution in [3.05, 3.63) is 47.5 Å². The molecule has 3 fully saturated rings. The molecule has 1 aliphatic carbocycles. The monoisotopic (exact) mass is 786 g/mol. The van der Waals surface area contributed by atoms with E-state index in [1.165, 1.54) is 4.90 Å². The van der Waals surface area contributed by atoms with Crippen LogP contribution < -0.4 is 24.2 Å². The first-order chi connectivity index (χ1) is 26.5. The fourth-order valence-corrected chi connectivity index (χ4v) is 8.43. The molecule has 0 spiro atoms. The quantitative estimate of drug-likeness (QED) is 0.155. The van der Waals surface area contributed by atoms with Gasteiger partial charge < -0.3 is 33.7 Å². The van der Waals surface area contributed by atoms with Crippen LogP contribution in [-0.4, -0.2) is 123 Å². The van der Waals surface area contributed by atoms with E-state index < -0.39 is 30.1 Å². The number of anilines is 4. The van der Waals surface area contributed by atoms with Gasteiger partial charge in [-0.3, -0.25) is 9.88 Å². The minimum atomic E-state index is -4.20. The largest absolute Gasteiger partial charge is 0.593 e. The number of hydrogen-bond donors (Lipinski definition) is 1. The highest BCUT2D eigenvalue weighted by molar-refractivity contribution is 7.92. The van der Waals surface area contributed by atoms with Crippen molar-refractivity contribution in [1.29, 1.82) is 0 Å². The zero-order valence-corrected chi connectivity index (χ0v) is 31.8. The van der Waals surface area contributed by atoms with Crippen LogP contribution in [0.5, 0.6) is 5.88 Å². The van der Waals surface area contributed by atoms with Gasteiger partial charge >= 0.3 is 6.18 Å². The summed E-state index contributed by atoms with van der Waals surface area (Å²) in [5.74, 6) is 1.73. The Bertz CT molecular complexity index is 1920. The molecular weight excluding hydrogens is 742 g/mol. The summed E-state index contributed by atoms with van der Waals surface area (Å²) in [6.45, 7) is 5.19. The minimum absolute atomic E-state index is 0.0312. The Morgan fingerprint density at radius 2 is 1.71 bits per heavy atom. The predicted molar refractivity (Wildman–Crippen MR) is 203 cm³/mol. The third-order valence-electron chi connectivity index (χ3n) is 10.4. The van der Waals surface area contributed by atoms with E-state index in [9.17, 15) is 22.6 Å². The number of morpholine rings is 1. The molecule has 4 aromatic rings. The van der Waals surface area contributed by atoms with Gasteiger partial charge in [0.2, 0.25) is 11.8 Å². The highest BCUT2D eigenvalue weighted by Crippen LogP contribution is 2.37. The molecule has 2 unspecified atom stereocenters. The van der Waals surface area contributed by atoms with E-state index in [4.69, 9.17) is 19.4 Å². The molecule has 20 heteroatoms. The molecule has 1 saturated carbocycles. The number of pyridine rings is 2. The molecule has 1 N–H and O–H groups in total. The lowest BCUT2D eigenvalue weighted by Crippen LogP contribution is -2.49. The molecular formula is C35H45F3N12O4S. The van der Waals surface area contributed by atoms with E-state index in [-0.39, 0.29) is 18.1 Å². The van der Waals surface area contributed by atoms with Gasteiger partial charge in [-0.25, -0.2) is 15.0 Å². The van der Waals surface area contributed by atoms with Crippen LogP contribution in [0, 0.1) is 4.91 Å². The Morgan fingerprint density at radius 3 is 2.35 bits per heavy atom. The lowest BCUT2D eigenvalue weighted by atomic mass is 9.93. The maximum absolute atomic E-state index is 13.2. The van der Waals surface area contributed by atoms with Crippen molar-refractivity contribution in [2.24, 2.45) is 12.2 Å². The van der Waals surface area contributed by atoms with E-state index in [0.29, 0.717) is 86.6 Å². The molecule has 55 heavy (non-hydrogen) atoms. The Morgan fingerprint density at radius 1 is 1.00 bits per heavy atom. The Hall–Kier alpha value is -4.53. The number of nitrogens with one attached hydrogen (secondary N) is 1. The second kappa shape index (κ2) is 16.7. The fraction of sp³-hybridized carbons (Fsp3) is 0.571. The van der Waals surface area contributed by atoms with Gasteiger partial charge in [0.15, 0.2) is 0 Å². The summed E-state index contributed by atoms with van der Waals surface area (Å²) in [4.78, 5) is 39.7. The molecule has 2 aliphatic heterocycles. The molecule has 16 nitrogen and oxygen atoms in total. The smallest absolute Gasteiger partial charge is 0.401 e. The van der Waals surface area contributed by atoms with Crippen molar-refractivity contribution in [1.82, 2.24) is 34.4 Å². The number of nitroso groups, excluding NO2 is 1. The standard InChI is InChI=1S/C35H45F3N12O4S/c1-23(30-21-42-34(45-51)46(30)2)50(55(3)52)25-16-28-29(39-18-25)17-31(49-12-14-53-15-13-49)44-32(28)54-27-6-4-24(5-7-27)43-33-40-19-26(20-41-33)48-10-8-47(9-11-48)22-35(36,37)38/h16-21,23-24,27H,4-15,22H2,1-3H3,(H,40,41,43). The van der Waals surface area contributed by atoms with E-state index in [0.717, 1.165) is 37.2 Å². The molecule has 7 rings (SSSR count). The summed E-state index contributed by atoms with van der Waals surface area (Å²) in [5.41, 5.74) is 2.73. The molecule has 296 valence electrons. The molecule has 0 amide bonds. The summed E-state index contributed by atoms with van der Waals surface area (Å²) >= 11 is -1.47. The number of imidazole rings is 1. The molecule has 0 radical (unpaired) electrons. The molecule has 2 atom stereocenters. The van der Waals surface area contributed by atoms with Crippen molar-refractivity contribution in [2.45, 2.75) is 57.0 Å². The topological polar surface area (TPSA) is 165 Å². The van der Waals surface area contributed by atoms with Crippen LogP contribution in [0.15, 0.2) is 42.1 Å². The maximum atomic E-state index is 13.2. The van der Waals surface area contributed by atoms with Gasteiger partial charge in [0.25, 0.3) is 5.95 Å². The lowest BCUT2D eigenvalue weighted by molar-refractivity contribution is -0.146. The Kier molecular flexibility index (Phi) is 11.7. The lowest BCUT2D eigenvalue weighted by Gasteiger charge is -2.36. The third kappa shape index (κ3) is 9.13. The normalized spacial score (nSPS) is 21.0. The van der Waals surface area contributed by atoms with Gasteiger partial charge in [0.1, 0.15) is 29.9 Å². The highest BCUT2D eigenvalue weighted by atomic mass is 32.2. The minimum Gasteiger partial charge on any atom is -0.593 e. The first kappa shape index (κ1) is 38.7. The average Bonchev–Trinajstić information content (AvgIpc) is 3.56. The van der Waals surface area contributed by atoms with Crippen LogP contribution in [0.25, 0.3) is 10.9 Å². The van der Waals surface area contributed by atoms with Gasteiger partial charge in [0.05, 0.1) is 78.2 Å². The van der Waals surface area contributed by atoms with E-state index >= 15 is 0 Å². The number of alkyl halides is 3. The van der Waals surface area contributed by atoms with Gasteiger partial charge in [-0.15, -0.1) is 4.91 Å². The number of nitrogens with zero attached hydrogens (tertiary/aromatic N) is 11. The number of hydrogen-bond acceptors (Lipinski definition) is 15. The number of piperazine rings is 1. The first-order valence-electron chi connectivity index (χ1n) is 18.4. The number of fused-ring (bicyclic) bond motifs is 1. The fourth-order valence-electron chi connectivity index (χ4n) is 7.48. The van der Waals surface area contributed by atoms with E-state index in [2.05, 4.69) is 30.3 Å². The average molecular weight is 787 g/mol. The van der Waals surface area contributed by atoms with Crippen LogP contribution in [-0.2, 0) is 23.1 Å². The van der Waals surface area contributed by atoms with Crippen molar-refractivity contribution in [3.8, 4) is 5.88 Å². The molecule has 2 saturated heterocycles. The van der Waals surface area contributed by atoms with Gasteiger partial charge in [0, 0.05) is 63.6 Å². The molecule has 4 aromatic heterocycles. The van der Waals surface area contributed by atoms with Gasteiger partial charge in [-0.2, -0.15) is 22.5 Å². The molecule has 0 bridgehead atoms. The third-order valence-corrected chi connectivity index (χ3v) is 11.5. The number of ether oxygens (including phenoxy) is 2. The van der Waals surface area contributed by atoms with Crippen LogP contribution in [0.4, 0.5) is 42.3 Å². The van der Waals surface area contributed by atoms with E-state index in [1.54, 1.807) is 47.0 Å². The Labute approximate surface area is 319 Å². The number of rotatable bonds is 12. The summed E-state index contributed by atoms with van der Waals surface area (Å²) < 4.78 is 67.1. The summed E-state index contributed by atoms with van der Waals surface area (Å²) in [5, 5.41) is 7.10. The summed E-state index contributed by atoms with van der Waals surface area (Å²) in [6.07, 6.45) is 7.09. The van der Waals surface area contributed by atoms with Crippen molar-refractivity contribution in [3.63, 3.8) is 0 Å². The summed E-state index contributed by atoms with van der Waals surface area (Å²) in [6, 6.07) is 3.54. The predicted octanol–water partition coefficient (Wildman–Crippen LogP) is 4.74. The molecule has 6 heterocycles. The van der Waals surface area contributed by atoms with Crippen LogP contribution in [0.3, 0.4) is 0 Å². The van der Waals surface area contributed by atoms with Gasteiger partial charge in [-0.1, -0.05) is 0 Å². The maximum Gasteiger partial charge on any atom is 0.401 e. The second-order valence-electron chi connectivity index (χ2n) is 14.1. The SMILES string of the molecule is CC(c1cnc(N=O)n1C)N(c1cnc2cc(N3CCOCC3)nc(OC3CCC(Nc4ncc(N5CCN(CC(F)(F)F)CC5)cn4)CC3)c2c1)[S+](C)[O-]. The van der Waals surface area contributed by atoms with Crippen molar-refractivity contribution < 1.29 is 27.2 Å². The van der Waals surface area contributed by atoms with Gasteiger partial charge in [-0.05, 0) is 38.7 Å². The first-order valence-corrected chi connectivity index (χ1v) is 19.9. The second-order valence-corrected chi connectivity index (χ2v) is 15.3. The van der Waals surface area contributed by atoms with Crippen LogP contribution >= 0.6 is 0 Å². The number of halogens is 3. The van der Waals surface area contributed by atoms with Crippen molar-refractivity contribution >= 4 is 51.4 Å².